The number of fused-ring (bicyclic) bond motifs is 2. The fraction of sp³-hybridized carbons (Fsp3) is 0.537. The van der Waals surface area contributed by atoms with Gasteiger partial charge in [-0.15, -0.1) is 0 Å². The number of aryl methyl sites for hydroxylation is 1. The predicted octanol–water partition coefficient (Wildman–Crippen LogP) is 4.63. The molecule has 4 fully saturated rings. The molecule has 7 heterocycles. The first-order valence-corrected chi connectivity index (χ1v) is 20.9. The van der Waals surface area contributed by atoms with Gasteiger partial charge < -0.3 is 20.0 Å². The zero-order chi connectivity index (χ0) is 41.8. The number of nitrogens with zero attached hydrogens (tertiary/aromatic N) is 10. The lowest BCUT2D eigenvalue weighted by molar-refractivity contribution is -0.135. The molecule has 2 N–H and O–H groups in total. The molecule has 4 aromatic heterocycles. The van der Waals surface area contributed by atoms with E-state index in [9.17, 15) is 28.0 Å². The highest BCUT2D eigenvalue weighted by atomic mass is 19.3. The summed E-state index contributed by atoms with van der Waals surface area (Å²) < 4.78 is 50.7. The average molecular weight is 831 g/mol. The number of benzene rings is 1. The van der Waals surface area contributed by atoms with Gasteiger partial charge in [-0.2, -0.15) is 10.2 Å². The Labute approximate surface area is 343 Å². The van der Waals surface area contributed by atoms with Crippen molar-refractivity contribution < 1.29 is 27.6 Å². The lowest BCUT2D eigenvalue weighted by Gasteiger charge is -2.42. The number of carbonyl (C=O) groups excluding carboxylic acids is 3. The second-order valence-corrected chi connectivity index (χ2v) is 16.7. The Morgan fingerprint density at radius 3 is 2.53 bits per heavy atom. The van der Waals surface area contributed by atoms with E-state index in [-0.39, 0.29) is 60.2 Å². The van der Waals surface area contributed by atoms with E-state index in [1.54, 1.807) is 30.1 Å². The maximum absolute atomic E-state index is 16.1. The molecule has 16 nitrogen and oxygen atoms in total. The van der Waals surface area contributed by atoms with Gasteiger partial charge in [0.2, 0.25) is 11.8 Å². The zero-order valence-electron chi connectivity index (χ0n) is 33.6. The quantitative estimate of drug-likeness (QED) is 0.190. The van der Waals surface area contributed by atoms with Crippen LogP contribution in [0.1, 0.15) is 92.3 Å². The van der Waals surface area contributed by atoms with E-state index in [2.05, 4.69) is 35.6 Å². The standard InChI is InChI=1S/C41H49F3N12O4/c1-50(29-14-18-53(22-27(29)42)30-6-5-7-31-36(30)51(2)41(60)56(31)32-12-13-34(57)48-40(32)59)21-24-8-10-25(11-9-24)55-23-28(35(49-55)37(43)44)46-39(58)26-20-45-54-19-15-33(47-38(26)54)52-16-3-4-17-52/h5-7,15,19-20,23-25,27,29,32,37H,3-4,8-14,16-18,21-22H2,1-2H3,(H,46,58)(H,48,57,59)/t24?,25?,27-,29-,32?/m1/s1. The van der Waals surface area contributed by atoms with E-state index in [4.69, 9.17) is 0 Å². The van der Waals surface area contributed by atoms with Crippen molar-refractivity contribution in [3.8, 4) is 0 Å². The van der Waals surface area contributed by atoms with Crippen LogP contribution in [0.2, 0.25) is 0 Å². The number of halogens is 3. The van der Waals surface area contributed by atoms with E-state index in [1.807, 2.05) is 24.1 Å². The third-order valence-corrected chi connectivity index (χ3v) is 13.0. The van der Waals surface area contributed by atoms with Crippen molar-refractivity contribution in [3.63, 3.8) is 0 Å². The zero-order valence-corrected chi connectivity index (χ0v) is 33.6. The summed E-state index contributed by atoms with van der Waals surface area (Å²) in [5, 5.41) is 13.5. The highest BCUT2D eigenvalue weighted by Gasteiger charge is 2.37. The Morgan fingerprint density at radius 1 is 1.02 bits per heavy atom. The number of hydrogen-bond donors (Lipinski definition) is 2. The first kappa shape index (κ1) is 39.7. The van der Waals surface area contributed by atoms with Crippen LogP contribution in [-0.4, -0.2) is 108 Å². The minimum absolute atomic E-state index is 0.0439. The Hall–Kier alpha value is -5.72. The fourth-order valence-electron chi connectivity index (χ4n) is 9.83. The predicted molar refractivity (Wildman–Crippen MR) is 217 cm³/mol. The summed E-state index contributed by atoms with van der Waals surface area (Å²) in [6.07, 6.45) is 6.65. The summed E-state index contributed by atoms with van der Waals surface area (Å²) in [6.45, 7) is 3.15. The van der Waals surface area contributed by atoms with Gasteiger partial charge in [-0.05, 0) is 82.5 Å². The van der Waals surface area contributed by atoms with E-state index in [0.29, 0.717) is 49.0 Å². The Bertz CT molecular complexity index is 2500. The lowest BCUT2D eigenvalue weighted by Crippen LogP contribution is -2.52. The molecule has 318 valence electrons. The number of aromatic nitrogens is 7. The number of para-hydroxylation sites is 1. The summed E-state index contributed by atoms with van der Waals surface area (Å²) >= 11 is 0. The molecule has 0 bridgehead atoms. The van der Waals surface area contributed by atoms with Crippen LogP contribution in [0.3, 0.4) is 0 Å². The molecule has 19 heteroatoms. The van der Waals surface area contributed by atoms with Crippen molar-refractivity contribution >= 4 is 51.6 Å². The van der Waals surface area contributed by atoms with Crippen LogP contribution in [0.15, 0.2) is 47.7 Å². The smallest absolute Gasteiger partial charge is 0.329 e. The van der Waals surface area contributed by atoms with E-state index >= 15 is 4.39 Å². The van der Waals surface area contributed by atoms with Gasteiger partial charge in [0.1, 0.15) is 23.6 Å². The number of rotatable bonds is 10. The van der Waals surface area contributed by atoms with Crippen molar-refractivity contribution in [1.82, 2.24) is 43.7 Å². The number of amides is 3. The molecule has 1 aliphatic carbocycles. The second-order valence-electron chi connectivity index (χ2n) is 16.7. The molecular formula is C41H49F3N12O4. The third kappa shape index (κ3) is 7.29. The number of carbonyl (C=O) groups is 3. The van der Waals surface area contributed by atoms with Gasteiger partial charge in [0.15, 0.2) is 11.3 Å². The summed E-state index contributed by atoms with van der Waals surface area (Å²) in [4.78, 5) is 62.3. The highest BCUT2D eigenvalue weighted by molar-refractivity contribution is 6.08. The van der Waals surface area contributed by atoms with Crippen LogP contribution >= 0.6 is 0 Å². The largest absolute Gasteiger partial charge is 0.367 e. The first-order valence-electron chi connectivity index (χ1n) is 20.9. The van der Waals surface area contributed by atoms with Gasteiger partial charge in [-0.3, -0.25) is 33.5 Å². The molecule has 3 aliphatic heterocycles. The van der Waals surface area contributed by atoms with Gasteiger partial charge in [0.25, 0.3) is 12.3 Å². The topological polar surface area (TPSA) is 160 Å². The van der Waals surface area contributed by atoms with Crippen LogP contribution in [0, 0.1) is 5.92 Å². The molecule has 9 rings (SSSR count). The van der Waals surface area contributed by atoms with Crippen molar-refractivity contribution in [2.45, 2.75) is 88.5 Å². The van der Waals surface area contributed by atoms with Gasteiger partial charge in [0, 0.05) is 58.1 Å². The molecule has 60 heavy (non-hydrogen) atoms. The van der Waals surface area contributed by atoms with Crippen LogP contribution in [0.5, 0.6) is 0 Å². The molecule has 4 aliphatic rings. The minimum Gasteiger partial charge on any atom is -0.367 e. The maximum atomic E-state index is 16.1. The highest BCUT2D eigenvalue weighted by Crippen LogP contribution is 2.37. The number of nitrogens with one attached hydrogen (secondary N) is 2. The van der Waals surface area contributed by atoms with Gasteiger partial charge in [-0.1, -0.05) is 6.07 Å². The molecule has 5 aromatic rings. The maximum Gasteiger partial charge on any atom is 0.329 e. The van der Waals surface area contributed by atoms with Crippen LogP contribution in [0.4, 0.5) is 30.4 Å². The van der Waals surface area contributed by atoms with Crippen molar-refractivity contribution in [1.29, 1.82) is 0 Å². The number of piperidine rings is 2. The number of anilines is 3. The molecule has 3 saturated heterocycles. The van der Waals surface area contributed by atoms with Crippen molar-refractivity contribution in [2.75, 3.05) is 54.9 Å². The van der Waals surface area contributed by atoms with E-state index in [0.717, 1.165) is 50.3 Å². The molecule has 0 spiro atoms. The molecule has 3 amide bonds. The third-order valence-electron chi connectivity index (χ3n) is 13.0. The van der Waals surface area contributed by atoms with Crippen molar-refractivity contribution in [2.24, 2.45) is 13.0 Å². The summed E-state index contributed by atoms with van der Waals surface area (Å²) in [6, 6.07) is 6.06. The monoisotopic (exact) mass is 830 g/mol. The Balaban J connectivity index is 0.816. The fourth-order valence-corrected chi connectivity index (χ4v) is 9.83. The number of alkyl halides is 3. The molecule has 1 aromatic carbocycles. The summed E-state index contributed by atoms with van der Waals surface area (Å²) in [5.74, 6) is -0.427. The number of hydrogen-bond acceptors (Lipinski definition) is 10. The number of imidazole rings is 1. The van der Waals surface area contributed by atoms with E-state index < -0.39 is 36.1 Å². The molecular weight excluding hydrogens is 782 g/mol. The second kappa shape index (κ2) is 16.0. The normalized spacial score (nSPS) is 24.0. The Morgan fingerprint density at radius 2 is 1.80 bits per heavy atom. The summed E-state index contributed by atoms with van der Waals surface area (Å²) in [5.41, 5.74) is 1.53. The van der Waals surface area contributed by atoms with Crippen LogP contribution in [-0.2, 0) is 16.6 Å². The number of imide groups is 1. The average Bonchev–Trinajstić information content (AvgIpc) is 4.05. The van der Waals surface area contributed by atoms with Crippen LogP contribution in [0.25, 0.3) is 16.7 Å². The molecule has 0 radical (unpaired) electrons. The SMILES string of the molecule is CN(CC1CCC(n2cc(NC(=O)c3cnn4ccc(N5CCCC5)nc34)c(C(F)F)n2)CC1)[C@@H]1CCN(c2cccc3c2n(C)c(=O)n3C2CCC(=O)NC2=O)C[C@H]1F. The molecule has 3 atom stereocenters. The van der Waals surface area contributed by atoms with Crippen molar-refractivity contribution in [3.05, 3.63) is 64.6 Å². The molecule has 1 saturated carbocycles. The Kier molecular flexibility index (Phi) is 10.6. The first-order chi connectivity index (χ1) is 28.9. The van der Waals surface area contributed by atoms with Gasteiger partial charge in [0.05, 0.1) is 41.2 Å². The minimum atomic E-state index is -2.89. The van der Waals surface area contributed by atoms with E-state index in [1.165, 1.54) is 26.0 Å². The van der Waals surface area contributed by atoms with Gasteiger partial charge in [-0.25, -0.2) is 27.5 Å². The van der Waals surface area contributed by atoms with Gasteiger partial charge >= 0.3 is 5.69 Å². The summed E-state index contributed by atoms with van der Waals surface area (Å²) in [7, 11) is 3.60. The lowest BCUT2D eigenvalue weighted by atomic mass is 9.85. The molecule has 1 unspecified atom stereocenters. The van der Waals surface area contributed by atoms with Crippen LogP contribution < -0.4 is 26.1 Å².